The quantitative estimate of drug-likeness (QED) is 0.712. The van der Waals surface area contributed by atoms with Gasteiger partial charge in [0.2, 0.25) is 0 Å². The third-order valence-electron chi connectivity index (χ3n) is 5.61. The van der Waals surface area contributed by atoms with Crippen molar-refractivity contribution < 1.29 is 9.53 Å². The van der Waals surface area contributed by atoms with Gasteiger partial charge in [0.05, 0.1) is 18.5 Å². The summed E-state index contributed by atoms with van der Waals surface area (Å²) in [4.78, 5) is 22.2. The fraction of sp³-hybridized carbons (Fsp3) is 0.476. The maximum Gasteiger partial charge on any atom is 0.272 e. The molecular weight excluding hydrogens is 354 g/mol. The molecule has 1 saturated carbocycles. The molecular formula is C21H27N5O2. The Kier molecular flexibility index (Phi) is 5.43. The van der Waals surface area contributed by atoms with Gasteiger partial charge < -0.3 is 14.6 Å². The number of nitrogens with one attached hydrogen (secondary N) is 1. The van der Waals surface area contributed by atoms with E-state index in [-0.39, 0.29) is 11.9 Å². The van der Waals surface area contributed by atoms with E-state index in [1.807, 2.05) is 39.6 Å². The van der Waals surface area contributed by atoms with Gasteiger partial charge in [-0.05, 0) is 30.9 Å². The second-order valence-electron chi connectivity index (χ2n) is 7.57. The van der Waals surface area contributed by atoms with Crippen LogP contribution in [0.5, 0.6) is 0 Å². The summed E-state index contributed by atoms with van der Waals surface area (Å²) in [6.45, 7) is 3.55. The molecule has 3 aromatic rings. The Balaban J connectivity index is 1.64. The monoisotopic (exact) mass is 381 g/mol. The van der Waals surface area contributed by atoms with Crippen molar-refractivity contribution in [3.63, 3.8) is 0 Å². The maximum absolute atomic E-state index is 13.0. The number of nitrogens with zero attached hydrogens (tertiary/aromatic N) is 4. The van der Waals surface area contributed by atoms with E-state index in [9.17, 15) is 4.79 Å². The number of imidazole rings is 2. The molecule has 0 aliphatic heterocycles. The molecule has 0 spiro atoms. The number of rotatable bonds is 6. The van der Waals surface area contributed by atoms with E-state index in [0.717, 1.165) is 24.2 Å². The summed E-state index contributed by atoms with van der Waals surface area (Å²) in [6.07, 6.45) is 10.2. The van der Waals surface area contributed by atoms with Crippen molar-refractivity contribution in [1.82, 2.24) is 24.3 Å². The normalized spacial score (nSPS) is 19.8. The van der Waals surface area contributed by atoms with Crippen molar-refractivity contribution in [3.8, 4) is 11.5 Å². The lowest BCUT2D eigenvalue weighted by molar-refractivity contribution is 0.0907. The topological polar surface area (TPSA) is 73.4 Å². The fourth-order valence-electron chi connectivity index (χ4n) is 3.95. The molecule has 3 heterocycles. The highest BCUT2D eigenvalue weighted by Gasteiger charge is 2.26. The molecule has 28 heavy (non-hydrogen) atoms. The van der Waals surface area contributed by atoms with Crippen LogP contribution in [0.1, 0.15) is 43.1 Å². The number of hydrogen-bond donors (Lipinski definition) is 1. The Morgan fingerprint density at radius 2 is 2.18 bits per heavy atom. The van der Waals surface area contributed by atoms with Crippen LogP contribution in [0.25, 0.3) is 17.0 Å². The van der Waals surface area contributed by atoms with Gasteiger partial charge in [0, 0.05) is 32.1 Å². The van der Waals surface area contributed by atoms with Crippen molar-refractivity contribution in [2.24, 2.45) is 5.92 Å². The van der Waals surface area contributed by atoms with Crippen LogP contribution in [0.3, 0.4) is 0 Å². The number of hydrogen-bond acceptors (Lipinski definition) is 4. The predicted octanol–water partition coefficient (Wildman–Crippen LogP) is 3.15. The van der Waals surface area contributed by atoms with E-state index in [2.05, 4.69) is 22.2 Å². The molecule has 2 unspecified atom stereocenters. The molecule has 0 bridgehead atoms. The lowest BCUT2D eigenvalue weighted by Crippen LogP contribution is -2.41. The number of ether oxygens (including phenoxy) is 1. The van der Waals surface area contributed by atoms with Gasteiger partial charge in [0.1, 0.15) is 5.69 Å². The van der Waals surface area contributed by atoms with Gasteiger partial charge >= 0.3 is 0 Å². The summed E-state index contributed by atoms with van der Waals surface area (Å²) in [5.41, 5.74) is 1.99. The molecule has 2 atom stereocenters. The van der Waals surface area contributed by atoms with Crippen molar-refractivity contribution in [1.29, 1.82) is 0 Å². The van der Waals surface area contributed by atoms with Crippen LogP contribution >= 0.6 is 0 Å². The first kappa shape index (κ1) is 18.7. The molecule has 0 radical (unpaired) electrons. The Bertz CT molecular complexity index is 961. The number of fused-ring (bicyclic) bond motifs is 1. The standard InChI is InChI=1S/C21H27N5O2/c1-15-7-3-4-8-16(15)23-21(27)19-18-9-5-6-10-26(18)20(24-19)17-13-25(14-22-17)11-12-28-2/h5-6,9-10,13-16H,3-4,7-8,11-12H2,1-2H3,(H,23,27). The molecule has 1 aliphatic carbocycles. The average molecular weight is 381 g/mol. The summed E-state index contributed by atoms with van der Waals surface area (Å²) in [5.74, 6) is 1.07. The zero-order valence-electron chi connectivity index (χ0n) is 16.5. The number of pyridine rings is 1. The van der Waals surface area contributed by atoms with E-state index < -0.39 is 0 Å². The summed E-state index contributed by atoms with van der Waals surface area (Å²) in [7, 11) is 1.68. The first-order valence-corrected chi connectivity index (χ1v) is 9.96. The molecule has 7 nitrogen and oxygen atoms in total. The van der Waals surface area contributed by atoms with Crippen LogP contribution in [0.15, 0.2) is 36.9 Å². The maximum atomic E-state index is 13.0. The van der Waals surface area contributed by atoms with E-state index >= 15 is 0 Å². The Morgan fingerprint density at radius 3 is 3.00 bits per heavy atom. The van der Waals surface area contributed by atoms with Crippen LogP contribution < -0.4 is 5.32 Å². The minimum Gasteiger partial charge on any atom is -0.383 e. The minimum atomic E-state index is -0.104. The number of methoxy groups -OCH3 is 1. The number of amides is 1. The van der Waals surface area contributed by atoms with Crippen LogP contribution in [0.2, 0.25) is 0 Å². The van der Waals surface area contributed by atoms with Crippen molar-refractivity contribution in [2.45, 2.75) is 45.2 Å². The van der Waals surface area contributed by atoms with Crippen LogP contribution in [0.4, 0.5) is 0 Å². The Hall–Kier alpha value is -2.67. The third kappa shape index (κ3) is 3.67. The number of carbonyl (C=O) groups excluding carboxylic acids is 1. The van der Waals surface area contributed by atoms with Gasteiger partial charge in [-0.3, -0.25) is 9.20 Å². The molecule has 1 amide bonds. The van der Waals surface area contributed by atoms with Gasteiger partial charge in [-0.2, -0.15) is 0 Å². The molecule has 148 valence electrons. The molecule has 0 saturated heterocycles. The van der Waals surface area contributed by atoms with Gasteiger partial charge in [-0.15, -0.1) is 0 Å². The lowest BCUT2D eigenvalue weighted by atomic mass is 9.86. The highest BCUT2D eigenvalue weighted by atomic mass is 16.5. The van der Waals surface area contributed by atoms with Gasteiger partial charge in [0.15, 0.2) is 11.5 Å². The molecule has 1 N–H and O–H groups in total. The molecule has 4 rings (SSSR count). The Labute approximate surface area is 164 Å². The summed E-state index contributed by atoms with van der Waals surface area (Å²) in [5, 5.41) is 3.22. The highest BCUT2D eigenvalue weighted by Crippen LogP contribution is 2.25. The van der Waals surface area contributed by atoms with E-state index in [1.165, 1.54) is 19.3 Å². The van der Waals surface area contributed by atoms with Gasteiger partial charge in [0.25, 0.3) is 5.91 Å². The van der Waals surface area contributed by atoms with Crippen LogP contribution in [0, 0.1) is 5.92 Å². The Morgan fingerprint density at radius 1 is 1.32 bits per heavy atom. The van der Waals surface area contributed by atoms with E-state index in [0.29, 0.717) is 24.0 Å². The van der Waals surface area contributed by atoms with E-state index in [1.54, 1.807) is 13.4 Å². The second-order valence-corrected chi connectivity index (χ2v) is 7.57. The molecule has 7 heteroatoms. The molecule has 1 aliphatic rings. The molecule has 1 fully saturated rings. The highest BCUT2D eigenvalue weighted by molar-refractivity contribution is 6.00. The van der Waals surface area contributed by atoms with Crippen molar-refractivity contribution >= 4 is 11.4 Å². The minimum absolute atomic E-state index is 0.104. The fourth-order valence-corrected chi connectivity index (χ4v) is 3.95. The number of carbonyl (C=O) groups is 1. The zero-order valence-corrected chi connectivity index (χ0v) is 16.5. The summed E-state index contributed by atoms with van der Waals surface area (Å²) in [6, 6.07) is 6.01. The second kappa shape index (κ2) is 8.14. The average Bonchev–Trinajstić information content (AvgIpc) is 3.32. The predicted molar refractivity (Wildman–Crippen MR) is 107 cm³/mol. The third-order valence-corrected chi connectivity index (χ3v) is 5.61. The summed E-state index contributed by atoms with van der Waals surface area (Å²) < 4.78 is 9.02. The molecule has 3 aromatic heterocycles. The first-order valence-electron chi connectivity index (χ1n) is 9.96. The smallest absolute Gasteiger partial charge is 0.272 e. The van der Waals surface area contributed by atoms with Crippen LogP contribution in [-0.4, -0.2) is 44.6 Å². The SMILES string of the molecule is COCCn1cnc(-c2nc(C(=O)NC3CCCCC3C)c3ccccn23)c1. The number of aromatic nitrogens is 4. The van der Waals surface area contributed by atoms with E-state index in [4.69, 9.17) is 4.74 Å². The zero-order chi connectivity index (χ0) is 19.5. The lowest BCUT2D eigenvalue weighted by Gasteiger charge is -2.29. The van der Waals surface area contributed by atoms with Crippen molar-refractivity contribution in [2.75, 3.05) is 13.7 Å². The van der Waals surface area contributed by atoms with Crippen molar-refractivity contribution in [3.05, 3.63) is 42.6 Å². The summed E-state index contributed by atoms with van der Waals surface area (Å²) >= 11 is 0. The van der Waals surface area contributed by atoms with Crippen LogP contribution in [-0.2, 0) is 11.3 Å². The van der Waals surface area contributed by atoms with Gasteiger partial charge in [-0.1, -0.05) is 25.8 Å². The largest absolute Gasteiger partial charge is 0.383 e. The van der Waals surface area contributed by atoms with Gasteiger partial charge in [-0.25, -0.2) is 9.97 Å². The first-order chi connectivity index (χ1) is 13.7. The molecule has 0 aromatic carbocycles.